The summed E-state index contributed by atoms with van der Waals surface area (Å²) >= 11 is 0. The first-order valence-electron chi connectivity index (χ1n) is 7.99. The zero-order valence-electron chi connectivity index (χ0n) is 14.7. The van der Waals surface area contributed by atoms with E-state index in [9.17, 15) is 9.18 Å². The van der Waals surface area contributed by atoms with Crippen LogP contribution >= 0.6 is 0 Å². The molecule has 0 saturated carbocycles. The van der Waals surface area contributed by atoms with Crippen molar-refractivity contribution in [3.05, 3.63) is 52.6 Å². The molecule has 1 heterocycles. The standard InChI is InChI=1S/C18H24FN3O2/c1-10(2)16-15(11(3)21-22-16)18(23)20-12(4)17(24-5)13-6-8-14(19)9-7-13/h6-10,12,17H,1-5H3,(H,20,23)(H,21,22)/t12-,17+/m0/s1. The second-order valence-electron chi connectivity index (χ2n) is 6.23. The van der Waals surface area contributed by atoms with Crippen LogP contribution in [0.25, 0.3) is 0 Å². The number of aromatic nitrogens is 2. The Bertz CT molecular complexity index is 695. The first-order valence-corrected chi connectivity index (χ1v) is 7.99. The maximum Gasteiger partial charge on any atom is 0.255 e. The van der Waals surface area contributed by atoms with Crippen molar-refractivity contribution in [2.24, 2.45) is 0 Å². The summed E-state index contributed by atoms with van der Waals surface area (Å²) in [4.78, 5) is 12.7. The number of methoxy groups -OCH3 is 1. The maximum absolute atomic E-state index is 13.1. The van der Waals surface area contributed by atoms with Gasteiger partial charge in [0.25, 0.3) is 5.91 Å². The first-order chi connectivity index (χ1) is 11.3. The summed E-state index contributed by atoms with van der Waals surface area (Å²) in [5, 5.41) is 10.1. The lowest BCUT2D eigenvalue weighted by molar-refractivity contribution is 0.0643. The molecule has 24 heavy (non-hydrogen) atoms. The third kappa shape index (κ3) is 3.82. The van der Waals surface area contributed by atoms with E-state index >= 15 is 0 Å². The molecule has 1 aromatic heterocycles. The molecular formula is C18H24FN3O2. The normalized spacial score (nSPS) is 13.8. The lowest BCUT2D eigenvalue weighted by Crippen LogP contribution is -2.38. The Balaban J connectivity index is 2.18. The molecule has 0 bridgehead atoms. The fourth-order valence-electron chi connectivity index (χ4n) is 2.79. The van der Waals surface area contributed by atoms with E-state index in [0.29, 0.717) is 5.56 Å². The van der Waals surface area contributed by atoms with Crippen molar-refractivity contribution in [1.82, 2.24) is 15.5 Å². The number of nitrogens with one attached hydrogen (secondary N) is 2. The number of hydrogen-bond acceptors (Lipinski definition) is 3. The maximum atomic E-state index is 13.1. The minimum absolute atomic E-state index is 0.140. The van der Waals surface area contributed by atoms with Crippen molar-refractivity contribution in [1.29, 1.82) is 0 Å². The molecule has 6 heteroatoms. The van der Waals surface area contributed by atoms with Crippen molar-refractivity contribution in [2.45, 2.75) is 45.8 Å². The van der Waals surface area contributed by atoms with Gasteiger partial charge in [-0.25, -0.2) is 4.39 Å². The van der Waals surface area contributed by atoms with E-state index in [1.54, 1.807) is 19.2 Å². The predicted molar refractivity (Wildman–Crippen MR) is 90.5 cm³/mol. The molecule has 0 saturated heterocycles. The van der Waals surface area contributed by atoms with Crippen LogP contribution in [0.5, 0.6) is 0 Å². The molecular weight excluding hydrogens is 309 g/mol. The molecule has 5 nitrogen and oxygen atoms in total. The molecule has 130 valence electrons. The minimum atomic E-state index is -0.371. The van der Waals surface area contributed by atoms with Gasteiger partial charge in [-0.05, 0) is 37.5 Å². The fourth-order valence-corrected chi connectivity index (χ4v) is 2.79. The number of hydrogen-bond donors (Lipinski definition) is 2. The molecule has 2 N–H and O–H groups in total. The van der Waals surface area contributed by atoms with Gasteiger partial charge in [-0.1, -0.05) is 26.0 Å². The highest BCUT2D eigenvalue weighted by Gasteiger charge is 2.25. The third-order valence-corrected chi connectivity index (χ3v) is 4.01. The van der Waals surface area contributed by atoms with Crippen LogP contribution in [0.3, 0.4) is 0 Å². The first kappa shape index (κ1) is 18.1. The number of nitrogens with zero attached hydrogens (tertiary/aromatic N) is 1. The molecule has 1 aromatic carbocycles. The highest BCUT2D eigenvalue weighted by atomic mass is 19.1. The molecule has 0 aliphatic rings. The summed E-state index contributed by atoms with van der Waals surface area (Å²) in [6, 6.07) is 5.80. The minimum Gasteiger partial charge on any atom is -0.375 e. The van der Waals surface area contributed by atoms with Gasteiger partial charge in [0, 0.05) is 12.8 Å². The summed E-state index contributed by atoms with van der Waals surface area (Å²) in [5.41, 5.74) is 2.86. The van der Waals surface area contributed by atoms with Crippen LogP contribution in [0.4, 0.5) is 4.39 Å². The molecule has 0 aliphatic heterocycles. The number of aryl methyl sites for hydroxylation is 1. The van der Waals surface area contributed by atoms with Gasteiger partial charge in [0.15, 0.2) is 0 Å². The van der Waals surface area contributed by atoms with Gasteiger partial charge in [-0.2, -0.15) is 5.10 Å². The van der Waals surface area contributed by atoms with E-state index in [-0.39, 0.29) is 29.8 Å². The highest BCUT2D eigenvalue weighted by Crippen LogP contribution is 2.23. The van der Waals surface area contributed by atoms with Crippen LogP contribution < -0.4 is 5.32 Å². The van der Waals surface area contributed by atoms with Crippen molar-refractivity contribution in [3.8, 4) is 0 Å². The van der Waals surface area contributed by atoms with E-state index in [4.69, 9.17) is 4.74 Å². The van der Waals surface area contributed by atoms with Crippen LogP contribution in [0.2, 0.25) is 0 Å². The predicted octanol–water partition coefficient (Wildman–Crippen LogP) is 3.49. The summed E-state index contributed by atoms with van der Waals surface area (Å²) in [7, 11) is 1.57. The third-order valence-electron chi connectivity index (χ3n) is 4.01. The molecule has 0 spiro atoms. The average molecular weight is 333 g/mol. The van der Waals surface area contributed by atoms with Crippen molar-refractivity contribution in [2.75, 3.05) is 7.11 Å². The van der Waals surface area contributed by atoms with E-state index in [2.05, 4.69) is 15.5 Å². The van der Waals surface area contributed by atoms with Crippen LogP contribution in [-0.4, -0.2) is 29.3 Å². The number of carbonyl (C=O) groups excluding carboxylic acids is 1. The molecule has 1 amide bonds. The molecule has 0 unspecified atom stereocenters. The van der Waals surface area contributed by atoms with Crippen LogP contribution in [0, 0.1) is 12.7 Å². The zero-order valence-corrected chi connectivity index (χ0v) is 14.7. The van der Waals surface area contributed by atoms with E-state index in [0.717, 1.165) is 17.0 Å². The molecule has 0 aliphatic carbocycles. The van der Waals surface area contributed by atoms with Crippen LogP contribution in [-0.2, 0) is 4.74 Å². The lowest BCUT2D eigenvalue weighted by atomic mass is 10.0. The molecule has 2 rings (SSSR count). The smallest absolute Gasteiger partial charge is 0.255 e. The summed E-state index contributed by atoms with van der Waals surface area (Å²) < 4.78 is 18.6. The largest absolute Gasteiger partial charge is 0.375 e. The molecule has 0 fully saturated rings. The van der Waals surface area contributed by atoms with Gasteiger partial charge < -0.3 is 10.1 Å². The average Bonchev–Trinajstić information content (AvgIpc) is 2.92. The van der Waals surface area contributed by atoms with Crippen molar-refractivity contribution >= 4 is 5.91 Å². The van der Waals surface area contributed by atoms with Gasteiger partial charge in [0.05, 0.1) is 17.3 Å². The van der Waals surface area contributed by atoms with Crippen LogP contribution in [0.1, 0.15) is 60.1 Å². The van der Waals surface area contributed by atoms with Crippen molar-refractivity contribution < 1.29 is 13.9 Å². The highest BCUT2D eigenvalue weighted by molar-refractivity contribution is 5.96. The second-order valence-corrected chi connectivity index (χ2v) is 6.23. The SMILES string of the molecule is CO[C@@H](c1ccc(F)cc1)[C@H](C)NC(=O)c1c(C(C)C)n[nH]c1C. The Morgan fingerprint density at radius 1 is 1.25 bits per heavy atom. The number of aromatic amines is 1. The quantitative estimate of drug-likeness (QED) is 0.850. The fraction of sp³-hybridized carbons (Fsp3) is 0.444. The molecule has 2 aromatic rings. The number of ether oxygens (including phenoxy) is 1. The van der Waals surface area contributed by atoms with E-state index in [1.165, 1.54) is 12.1 Å². The van der Waals surface area contributed by atoms with Gasteiger partial charge in [-0.3, -0.25) is 9.89 Å². The van der Waals surface area contributed by atoms with E-state index < -0.39 is 0 Å². The van der Waals surface area contributed by atoms with E-state index in [1.807, 2.05) is 27.7 Å². The lowest BCUT2D eigenvalue weighted by Gasteiger charge is -2.24. The topological polar surface area (TPSA) is 67.0 Å². The van der Waals surface area contributed by atoms with Gasteiger partial charge >= 0.3 is 0 Å². The summed E-state index contributed by atoms with van der Waals surface area (Å²) in [6.45, 7) is 7.67. The molecule has 0 radical (unpaired) electrons. The Hall–Kier alpha value is -2.21. The number of benzene rings is 1. The summed E-state index contributed by atoms with van der Waals surface area (Å²) in [5.74, 6) is -0.358. The number of rotatable bonds is 6. The van der Waals surface area contributed by atoms with Gasteiger partial charge in [0.1, 0.15) is 11.9 Å². The molecule has 2 atom stereocenters. The number of H-pyrrole nitrogens is 1. The van der Waals surface area contributed by atoms with Gasteiger partial charge in [0.2, 0.25) is 0 Å². The number of carbonyl (C=O) groups is 1. The summed E-state index contributed by atoms with van der Waals surface area (Å²) in [6.07, 6.45) is -0.371. The number of halogens is 1. The number of amides is 1. The van der Waals surface area contributed by atoms with Crippen LogP contribution in [0.15, 0.2) is 24.3 Å². The zero-order chi connectivity index (χ0) is 17.9. The Morgan fingerprint density at radius 3 is 2.42 bits per heavy atom. The monoisotopic (exact) mass is 333 g/mol. The Labute approximate surface area is 141 Å². The van der Waals surface area contributed by atoms with Crippen molar-refractivity contribution in [3.63, 3.8) is 0 Å². The Morgan fingerprint density at radius 2 is 1.88 bits per heavy atom. The second kappa shape index (κ2) is 7.57. The Kier molecular flexibility index (Phi) is 5.72. The van der Waals surface area contributed by atoms with Gasteiger partial charge in [-0.15, -0.1) is 0 Å².